The van der Waals surface area contributed by atoms with Crippen molar-refractivity contribution in [2.75, 3.05) is 6.61 Å². The molecule has 1 N–H and O–H groups in total. The molecule has 8 heteroatoms. The Labute approximate surface area is 139 Å². The maximum absolute atomic E-state index is 12.1. The highest BCUT2D eigenvalue weighted by atomic mass is 35.5. The summed E-state index contributed by atoms with van der Waals surface area (Å²) in [5, 5.41) is 20.5. The van der Waals surface area contributed by atoms with E-state index in [9.17, 15) is 9.59 Å². The molecule has 0 aliphatic carbocycles. The first-order chi connectivity index (χ1) is 10.7. The smallest absolute Gasteiger partial charge is 0.343 e. The molecule has 0 aliphatic heterocycles. The molecule has 23 heavy (non-hydrogen) atoms. The second-order valence-electron chi connectivity index (χ2n) is 5.61. The molecule has 124 valence electrons. The van der Waals surface area contributed by atoms with Crippen LogP contribution in [-0.2, 0) is 16.1 Å². The van der Waals surface area contributed by atoms with Crippen molar-refractivity contribution in [3.63, 3.8) is 0 Å². The third kappa shape index (κ3) is 4.63. The molecule has 7 nitrogen and oxygen atoms in total. The van der Waals surface area contributed by atoms with Crippen LogP contribution in [0.4, 0.5) is 0 Å². The quantitative estimate of drug-likeness (QED) is 0.606. The molecule has 0 radical (unpaired) electrons. The Morgan fingerprint density at radius 3 is 2.57 bits per heavy atom. The molecule has 0 amide bonds. The van der Waals surface area contributed by atoms with E-state index < -0.39 is 24.3 Å². The number of hydrogen-bond donors (Lipinski definition) is 1. The summed E-state index contributed by atoms with van der Waals surface area (Å²) in [6, 6.07) is 1.71. The highest BCUT2D eigenvalue weighted by Crippen LogP contribution is 2.22. The number of Topliss-reactive ketones (excluding diaryl/α,β-unsaturated/α-hetero) is 1. The summed E-state index contributed by atoms with van der Waals surface area (Å²) in [6.07, 6.45) is 0. The Bertz CT molecular complexity index is 673. The normalized spacial score (nSPS) is 11.9. The number of carbonyl (C=O) groups is 2. The predicted octanol–water partition coefficient (Wildman–Crippen LogP) is 2.41. The van der Waals surface area contributed by atoms with Crippen LogP contribution in [0.3, 0.4) is 0 Å². The van der Waals surface area contributed by atoms with Gasteiger partial charge in [0.05, 0.1) is 11.8 Å². The predicted molar refractivity (Wildman–Crippen MR) is 84.6 cm³/mol. The maximum Gasteiger partial charge on any atom is 0.343 e. The molecule has 0 unspecified atom stereocenters. The Kier molecular flexibility index (Phi) is 6.46. The van der Waals surface area contributed by atoms with Gasteiger partial charge in [0.25, 0.3) is 0 Å². The van der Waals surface area contributed by atoms with Gasteiger partial charge in [0.15, 0.2) is 12.4 Å². The molecule has 0 spiro atoms. The van der Waals surface area contributed by atoms with Crippen molar-refractivity contribution in [2.45, 2.75) is 34.2 Å². The van der Waals surface area contributed by atoms with E-state index in [1.165, 1.54) is 11.6 Å². The zero-order chi connectivity index (χ0) is 17.7. The van der Waals surface area contributed by atoms with Crippen LogP contribution in [0, 0.1) is 35.5 Å². The average Bonchev–Trinajstić information content (AvgIpc) is 2.70. The van der Waals surface area contributed by atoms with Crippen LogP contribution < -0.4 is 0 Å². The van der Waals surface area contributed by atoms with Crippen LogP contribution in [0.1, 0.15) is 36.8 Å². The Morgan fingerprint density at radius 2 is 2.09 bits per heavy atom. The third-order valence-electron chi connectivity index (χ3n) is 3.04. The molecule has 0 bridgehead atoms. The summed E-state index contributed by atoms with van der Waals surface area (Å²) >= 11 is 6.15. The van der Waals surface area contributed by atoms with Crippen molar-refractivity contribution in [2.24, 2.45) is 11.8 Å². The lowest BCUT2D eigenvalue weighted by Gasteiger charge is -2.08. The van der Waals surface area contributed by atoms with Crippen molar-refractivity contribution < 1.29 is 14.3 Å². The zero-order valence-corrected chi connectivity index (χ0v) is 14.3. The summed E-state index contributed by atoms with van der Waals surface area (Å²) in [5.74, 6) is -2.32. The van der Waals surface area contributed by atoms with E-state index in [2.05, 4.69) is 5.10 Å². The standard InChI is InChI=1S/C15H19ClN4O3/c1-8(2)6-20-14(16)13(10(4)19-20)15(22)23-7-12(21)11(5-17)9(3)18/h8,11,18H,6-7H2,1-4H3/t11-/m0/s1. The summed E-state index contributed by atoms with van der Waals surface area (Å²) in [7, 11) is 0. The van der Waals surface area contributed by atoms with Crippen molar-refractivity contribution in [3.05, 3.63) is 16.4 Å². The molecule has 1 atom stereocenters. The fourth-order valence-corrected chi connectivity index (χ4v) is 2.28. The second-order valence-corrected chi connectivity index (χ2v) is 5.97. The largest absolute Gasteiger partial charge is 0.454 e. The van der Waals surface area contributed by atoms with Gasteiger partial charge >= 0.3 is 5.97 Å². The number of ketones is 1. The minimum atomic E-state index is -1.21. The molecular formula is C15H19ClN4O3. The Morgan fingerprint density at radius 1 is 1.48 bits per heavy atom. The van der Waals surface area contributed by atoms with Crippen molar-refractivity contribution in [1.29, 1.82) is 10.7 Å². The SMILES string of the molecule is CC(=N)[C@H](C#N)C(=O)COC(=O)c1c(C)nn(CC(C)C)c1Cl. The first-order valence-electron chi connectivity index (χ1n) is 7.06. The number of ether oxygens (including phenoxy) is 1. The number of hydrogen-bond acceptors (Lipinski definition) is 6. The summed E-state index contributed by atoms with van der Waals surface area (Å²) < 4.78 is 6.44. The van der Waals surface area contributed by atoms with Gasteiger partial charge in [0.2, 0.25) is 0 Å². The number of nitrogens with zero attached hydrogens (tertiary/aromatic N) is 3. The molecular weight excluding hydrogens is 320 g/mol. The van der Waals surface area contributed by atoms with E-state index in [1.54, 1.807) is 13.0 Å². The van der Waals surface area contributed by atoms with E-state index >= 15 is 0 Å². The van der Waals surface area contributed by atoms with Gasteiger partial charge in [-0.05, 0) is 19.8 Å². The summed E-state index contributed by atoms with van der Waals surface area (Å²) in [4.78, 5) is 23.9. The minimum absolute atomic E-state index is 0.0903. The molecule has 0 saturated carbocycles. The number of carbonyl (C=O) groups excluding carboxylic acids is 2. The molecule has 0 fully saturated rings. The lowest BCUT2D eigenvalue weighted by Crippen LogP contribution is -2.25. The van der Waals surface area contributed by atoms with Gasteiger partial charge in [-0.1, -0.05) is 25.4 Å². The van der Waals surface area contributed by atoms with Gasteiger partial charge in [-0.25, -0.2) is 4.79 Å². The number of rotatable bonds is 7. The summed E-state index contributed by atoms with van der Waals surface area (Å²) in [5.41, 5.74) is 0.431. The number of aromatic nitrogens is 2. The number of halogens is 1. The van der Waals surface area contributed by atoms with E-state index in [4.69, 9.17) is 27.0 Å². The second kappa shape index (κ2) is 7.88. The maximum atomic E-state index is 12.1. The molecule has 0 aliphatic rings. The van der Waals surface area contributed by atoms with Crippen molar-refractivity contribution in [1.82, 2.24) is 9.78 Å². The number of esters is 1. The Balaban J connectivity index is 2.84. The molecule has 1 aromatic heterocycles. The molecule has 1 heterocycles. The molecule has 0 aromatic carbocycles. The fraction of sp³-hybridized carbons (Fsp3) is 0.533. The van der Waals surface area contributed by atoms with Gasteiger partial charge in [-0.3, -0.25) is 9.48 Å². The first kappa shape index (κ1) is 18.8. The lowest BCUT2D eigenvalue weighted by molar-refractivity contribution is -0.122. The fourth-order valence-electron chi connectivity index (χ4n) is 1.95. The number of aryl methyl sites for hydroxylation is 1. The van der Waals surface area contributed by atoms with Gasteiger partial charge in [-0.2, -0.15) is 10.4 Å². The van der Waals surface area contributed by atoms with Crippen molar-refractivity contribution in [3.8, 4) is 6.07 Å². The highest BCUT2D eigenvalue weighted by molar-refractivity contribution is 6.32. The van der Waals surface area contributed by atoms with Gasteiger partial charge in [0.1, 0.15) is 16.6 Å². The van der Waals surface area contributed by atoms with Gasteiger partial charge in [0, 0.05) is 12.3 Å². The Hall–Kier alpha value is -2.20. The summed E-state index contributed by atoms with van der Waals surface area (Å²) in [6.45, 7) is 6.93. The average molecular weight is 339 g/mol. The van der Waals surface area contributed by atoms with E-state index in [1.807, 2.05) is 13.8 Å². The molecule has 1 rings (SSSR count). The van der Waals surface area contributed by atoms with Crippen LogP contribution in [-0.4, -0.2) is 33.9 Å². The zero-order valence-electron chi connectivity index (χ0n) is 13.5. The minimum Gasteiger partial charge on any atom is -0.454 e. The first-order valence-corrected chi connectivity index (χ1v) is 7.44. The third-order valence-corrected chi connectivity index (χ3v) is 3.42. The van der Waals surface area contributed by atoms with Crippen LogP contribution in [0.5, 0.6) is 0 Å². The van der Waals surface area contributed by atoms with Crippen molar-refractivity contribution >= 4 is 29.1 Å². The van der Waals surface area contributed by atoms with Gasteiger partial charge in [-0.15, -0.1) is 0 Å². The van der Waals surface area contributed by atoms with Gasteiger partial charge < -0.3 is 10.1 Å². The van der Waals surface area contributed by atoms with Crippen LogP contribution in [0.15, 0.2) is 0 Å². The van der Waals surface area contributed by atoms with Crippen LogP contribution in [0.25, 0.3) is 0 Å². The number of nitriles is 1. The highest BCUT2D eigenvalue weighted by Gasteiger charge is 2.25. The van der Waals surface area contributed by atoms with E-state index in [0.717, 1.165) is 0 Å². The van der Waals surface area contributed by atoms with Crippen LogP contribution in [0.2, 0.25) is 5.15 Å². The monoisotopic (exact) mass is 338 g/mol. The number of nitrogens with one attached hydrogen (secondary N) is 1. The van der Waals surface area contributed by atoms with Crippen LogP contribution >= 0.6 is 11.6 Å². The molecule has 0 saturated heterocycles. The lowest BCUT2D eigenvalue weighted by atomic mass is 10.0. The van der Waals surface area contributed by atoms with E-state index in [0.29, 0.717) is 18.2 Å². The topological polar surface area (TPSA) is 109 Å². The van der Waals surface area contributed by atoms with E-state index in [-0.39, 0.29) is 16.4 Å². The molecule has 1 aromatic rings.